The van der Waals surface area contributed by atoms with Crippen molar-refractivity contribution in [1.29, 1.82) is 0 Å². The van der Waals surface area contributed by atoms with E-state index in [1.54, 1.807) is 36.1 Å². The first-order valence-corrected chi connectivity index (χ1v) is 9.67. The molecule has 1 saturated heterocycles. The molecule has 2 aromatic heterocycles. The summed E-state index contributed by atoms with van der Waals surface area (Å²) in [6, 6.07) is 8.27. The molecule has 3 heterocycles. The van der Waals surface area contributed by atoms with Crippen LogP contribution in [0.4, 0.5) is 19.0 Å². The van der Waals surface area contributed by atoms with Crippen molar-refractivity contribution in [2.24, 2.45) is 0 Å². The molecule has 0 aliphatic carbocycles. The summed E-state index contributed by atoms with van der Waals surface area (Å²) in [7, 11) is 0. The van der Waals surface area contributed by atoms with E-state index < -0.39 is 17.8 Å². The second kappa shape index (κ2) is 7.97. The van der Waals surface area contributed by atoms with E-state index in [0.29, 0.717) is 42.9 Å². The normalized spacial score (nSPS) is 15.9. The summed E-state index contributed by atoms with van der Waals surface area (Å²) >= 11 is 0. The number of benzene rings is 1. The van der Waals surface area contributed by atoms with Gasteiger partial charge in [-0.1, -0.05) is 17.3 Å². The molecule has 1 aromatic carbocycles. The Bertz CT molecular complexity index is 1150. The van der Waals surface area contributed by atoms with Gasteiger partial charge in [-0.15, -0.1) is 5.10 Å². The van der Waals surface area contributed by atoms with Crippen LogP contribution in [0.1, 0.15) is 18.5 Å². The number of hydrogen-bond donors (Lipinski definition) is 0. The fraction of sp³-hybridized carbons (Fsp3) is 0.350. The van der Waals surface area contributed by atoms with Crippen LogP contribution in [-0.4, -0.2) is 57.0 Å². The highest BCUT2D eigenvalue weighted by molar-refractivity contribution is 5.81. The third-order valence-electron chi connectivity index (χ3n) is 5.31. The van der Waals surface area contributed by atoms with Crippen LogP contribution in [-0.2, 0) is 11.0 Å². The summed E-state index contributed by atoms with van der Waals surface area (Å²) in [5, 5.41) is 8.30. The van der Waals surface area contributed by atoms with E-state index >= 15 is 0 Å². The fourth-order valence-electron chi connectivity index (χ4n) is 3.52. The number of alkyl halides is 3. The van der Waals surface area contributed by atoms with Crippen molar-refractivity contribution in [3.05, 3.63) is 58.5 Å². The predicted octanol–water partition coefficient (Wildman–Crippen LogP) is 2.12. The minimum Gasteiger partial charge on any atom is -0.353 e. The number of carbonyl (C=O) groups is 1. The maximum absolute atomic E-state index is 12.9. The van der Waals surface area contributed by atoms with Gasteiger partial charge in [-0.2, -0.15) is 17.9 Å². The summed E-state index contributed by atoms with van der Waals surface area (Å²) in [6.45, 7) is 3.12. The van der Waals surface area contributed by atoms with Gasteiger partial charge in [0.1, 0.15) is 17.4 Å². The van der Waals surface area contributed by atoms with E-state index in [9.17, 15) is 22.8 Å². The van der Waals surface area contributed by atoms with Gasteiger partial charge >= 0.3 is 6.18 Å². The Kier molecular flexibility index (Phi) is 5.34. The molecule has 1 fully saturated rings. The molecule has 1 unspecified atom stereocenters. The number of amides is 1. The van der Waals surface area contributed by atoms with Gasteiger partial charge < -0.3 is 9.80 Å². The Morgan fingerprint density at radius 3 is 2.42 bits per heavy atom. The molecular formula is C20H19F3N6O2. The van der Waals surface area contributed by atoms with Crippen molar-refractivity contribution in [2.75, 3.05) is 31.1 Å². The molecule has 3 aromatic rings. The maximum Gasteiger partial charge on any atom is 0.417 e. The van der Waals surface area contributed by atoms with Crippen LogP contribution in [0.5, 0.6) is 0 Å². The summed E-state index contributed by atoms with van der Waals surface area (Å²) in [5.41, 5.74) is -0.735. The van der Waals surface area contributed by atoms with E-state index in [-0.39, 0.29) is 11.5 Å². The molecule has 0 spiro atoms. The first-order chi connectivity index (χ1) is 14.8. The van der Waals surface area contributed by atoms with Gasteiger partial charge in [0, 0.05) is 32.4 Å². The molecule has 1 aliphatic rings. The summed E-state index contributed by atoms with van der Waals surface area (Å²) < 4.78 is 39.2. The zero-order valence-electron chi connectivity index (χ0n) is 16.6. The number of nitrogens with zero attached hydrogens (tertiary/aromatic N) is 6. The zero-order chi connectivity index (χ0) is 22.2. The number of piperazine rings is 1. The van der Waals surface area contributed by atoms with Crippen molar-refractivity contribution in [3.63, 3.8) is 0 Å². The van der Waals surface area contributed by atoms with E-state index in [2.05, 4.69) is 15.3 Å². The van der Waals surface area contributed by atoms with E-state index in [0.717, 1.165) is 16.9 Å². The molecule has 1 amide bonds. The third-order valence-corrected chi connectivity index (χ3v) is 5.31. The van der Waals surface area contributed by atoms with Gasteiger partial charge in [-0.25, -0.2) is 4.98 Å². The largest absolute Gasteiger partial charge is 0.417 e. The number of rotatable bonds is 3. The molecule has 11 heteroatoms. The molecule has 31 heavy (non-hydrogen) atoms. The lowest BCUT2D eigenvalue weighted by atomic mass is 10.2. The Morgan fingerprint density at radius 2 is 1.77 bits per heavy atom. The van der Waals surface area contributed by atoms with E-state index in [4.69, 9.17) is 0 Å². The molecule has 162 valence electrons. The highest BCUT2D eigenvalue weighted by Gasteiger charge is 2.32. The number of halogens is 3. The van der Waals surface area contributed by atoms with Crippen LogP contribution >= 0.6 is 0 Å². The topological polar surface area (TPSA) is 84.2 Å². The molecular weight excluding hydrogens is 413 g/mol. The fourth-order valence-corrected chi connectivity index (χ4v) is 3.52. The Balaban J connectivity index is 1.43. The van der Waals surface area contributed by atoms with Crippen LogP contribution in [0.3, 0.4) is 0 Å². The number of carbonyl (C=O) groups excluding carboxylic acids is 1. The van der Waals surface area contributed by atoms with E-state index in [1.165, 1.54) is 6.07 Å². The Labute approximate surface area is 174 Å². The van der Waals surface area contributed by atoms with Gasteiger partial charge in [0.15, 0.2) is 0 Å². The summed E-state index contributed by atoms with van der Waals surface area (Å²) in [5.74, 6) is 0.150. The van der Waals surface area contributed by atoms with Crippen LogP contribution < -0.4 is 10.5 Å². The van der Waals surface area contributed by atoms with Gasteiger partial charge in [0.25, 0.3) is 5.56 Å². The number of anilines is 1. The molecule has 0 N–H and O–H groups in total. The van der Waals surface area contributed by atoms with Crippen molar-refractivity contribution >= 4 is 22.6 Å². The smallest absolute Gasteiger partial charge is 0.353 e. The monoisotopic (exact) mass is 432 g/mol. The second-order valence-corrected chi connectivity index (χ2v) is 7.25. The average Bonchev–Trinajstić information content (AvgIpc) is 2.78. The number of pyridine rings is 1. The first kappa shape index (κ1) is 20.8. The Hall–Kier alpha value is -3.50. The van der Waals surface area contributed by atoms with Crippen molar-refractivity contribution in [3.8, 4) is 0 Å². The minimum absolute atomic E-state index is 0.272. The van der Waals surface area contributed by atoms with Gasteiger partial charge in [-0.3, -0.25) is 9.59 Å². The third kappa shape index (κ3) is 4.07. The average molecular weight is 432 g/mol. The maximum atomic E-state index is 12.9. The van der Waals surface area contributed by atoms with Crippen LogP contribution in [0.15, 0.2) is 47.4 Å². The number of fused-ring (bicyclic) bond motifs is 1. The summed E-state index contributed by atoms with van der Waals surface area (Å²) in [4.78, 5) is 32.9. The number of hydrogen-bond acceptors (Lipinski definition) is 6. The molecule has 8 nitrogen and oxygen atoms in total. The van der Waals surface area contributed by atoms with Gasteiger partial charge in [0.2, 0.25) is 5.91 Å². The lowest BCUT2D eigenvalue weighted by Crippen LogP contribution is -2.51. The number of aromatic nitrogens is 4. The van der Waals surface area contributed by atoms with Crippen LogP contribution in [0, 0.1) is 0 Å². The predicted molar refractivity (Wildman–Crippen MR) is 107 cm³/mol. The van der Waals surface area contributed by atoms with E-state index in [1.807, 2.05) is 4.90 Å². The van der Waals surface area contributed by atoms with Crippen molar-refractivity contribution in [2.45, 2.75) is 19.1 Å². The molecule has 4 rings (SSSR count). The molecule has 1 atom stereocenters. The molecule has 1 aliphatic heterocycles. The lowest BCUT2D eigenvalue weighted by Gasteiger charge is -2.36. The first-order valence-electron chi connectivity index (χ1n) is 9.67. The summed E-state index contributed by atoms with van der Waals surface area (Å²) in [6.07, 6.45) is -3.63. The quantitative estimate of drug-likeness (QED) is 0.631. The SMILES string of the molecule is CC(C(=O)N1CCN(c2ccc(C(F)(F)F)cn2)CC1)n1nnc2ccccc2c1=O. The molecule has 0 bridgehead atoms. The van der Waals surface area contributed by atoms with Crippen molar-refractivity contribution < 1.29 is 18.0 Å². The minimum atomic E-state index is -4.43. The van der Waals surface area contributed by atoms with Crippen molar-refractivity contribution in [1.82, 2.24) is 24.9 Å². The second-order valence-electron chi connectivity index (χ2n) is 7.25. The van der Waals surface area contributed by atoms with Gasteiger partial charge in [0.05, 0.1) is 10.9 Å². The van der Waals surface area contributed by atoms with Gasteiger partial charge in [-0.05, 0) is 31.2 Å². The Morgan fingerprint density at radius 1 is 1.06 bits per heavy atom. The zero-order valence-corrected chi connectivity index (χ0v) is 16.6. The lowest BCUT2D eigenvalue weighted by molar-refractivity contribution is -0.138. The highest BCUT2D eigenvalue weighted by atomic mass is 19.4. The molecule has 0 saturated carbocycles. The van der Waals surface area contributed by atoms with Crippen LogP contribution in [0.2, 0.25) is 0 Å². The molecule has 0 radical (unpaired) electrons. The standard InChI is InChI=1S/C20H19F3N6O2/c1-13(29-19(31)15-4-2-3-5-16(15)25-26-29)18(30)28-10-8-27(9-11-28)17-7-6-14(12-24-17)20(21,22)23/h2-7,12-13H,8-11H2,1H3. The highest BCUT2D eigenvalue weighted by Crippen LogP contribution is 2.29. The van der Waals surface area contributed by atoms with Crippen LogP contribution in [0.25, 0.3) is 10.9 Å².